The van der Waals surface area contributed by atoms with Gasteiger partial charge in [0.15, 0.2) is 0 Å². The number of rotatable bonds is 4. The van der Waals surface area contributed by atoms with E-state index in [1.807, 2.05) is 13.8 Å². The molecule has 0 unspecified atom stereocenters. The molecule has 1 amide bonds. The van der Waals surface area contributed by atoms with E-state index >= 15 is 0 Å². The van der Waals surface area contributed by atoms with E-state index in [0.717, 1.165) is 5.69 Å². The second kappa shape index (κ2) is 10.5. The first-order valence-corrected chi connectivity index (χ1v) is 6.83. The third-order valence-electron chi connectivity index (χ3n) is 2.28. The second-order valence-electron chi connectivity index (χ2n) is 3.75. The van der Waals surface area contributed by atoms with Gasteiger partial charge in [-0.1, -0.05) is 26.0 Å². The zero-order valence-corrected chi connectivity index (χ0v) is 13.1. The molecule has 0 fully saturated rings. The lowest BCUT2D eigenvalue weighted by atomic mass is 10.3. The van der Waals surface area contributed by atoms with Gasteiger partial charge in [-0.15, -0.1) is 0 Å². The predicted octanol–water partition coefficient (Wildman–Crippen LogP) is 3.87. The number of nitrogens with zero attached hydrogens (tertiary/aromatic N) is 2. The Morgan fingerprint density at radius 3 is 2.29 bits per heavy atom. The Morgan fingerprint density at radius 2 is 1.81 bits per heavy atom. The molecule has 5 heteroatoms. The van der Waals surface area contributed by atoms with Gasteiger partial charge in [-0.25, -0.2) is 9.37 Å². The number of allylic oxidation sites excluding steroid dienone is 5. The third-order valence-corrected chi connectivity index (χ3v) is 2.28. The van der Waals surface area contributed by atoms with E-state index in [2.05, 4.69) is 15.3 Å². The van der Waals surface area contributed by atoms with E-state index in [9.17, 15) is 9.18 Å². The van der Waals surface area contributed by atoms with Gasteiger partial charge in [-0.2, -0.15) is 0 Å². The van der Waals surface area contributed by atoms with Crippen LogP contribution in [0.2, 0.25) is 0 Å². The Bertz CT molecular complexity index is 531. The van der Waals surface area contributed by atoms with Crippen LogP contribution < -0.4 is 5.32 Å². The maximum atomic E-state index is 12.9. The SMILES string of the molecule is C/C=C(F)/C=C\C(=C/C)NC(=O)c1cnc(C)cn1.CC. The number of halogens is 1. The maximum Gasteiger partial charge on any atom is 0.275 e. The summed E-state index contributed by atoms with van der Waals surface area (Å²) in [7, 11) is 0. The van der Waals surface area contributed by atoms with Crippen molar-refractivity contribution in [3.05, 3.63) is 59.6 Å². The van der Waals surface area contributed by atoms with E-state index < -0.39 is 0 Å². The Labute approximate surface area is 125 Å². The molecular weight excluding hydrogens is 269 g/mol. The van der Waals surface area contributed by atoms with Gasteiger partial charge in [0.2, 0.25) is 0 Å². The molecule has 1 aromatic rings. The van der Waals surface area contributed by atoms with Crippen LogP contribution in [0.4, 0.5) is 4.39 Å². The van der Waals surface area contributed by atoms with Crippen molar-refractivity contribution in [3.8, 4) is 0 Å². The standard InChI is InChI=1S/C14H16FN3O.C2H6/c1-4-11(15)6-7-12(5-2)18-14(19)13-9-16-10(3)8-17-13;1-2/h4-9H,1-3H3,(H,18,19);1-2H3/b7-6-,11-4-,12-5+;. The van der Waals surface area contributed by atoms with Gasteiger partial charge in [0.05, 0.1) is 11.9 Å². The van der Waals surface area contributed by atoms with Gasteiger partial charge in [-0.05, 0) is 32.9 Å². The maximum absolute atomic E-state index is 12.9. The number of carbonyl (C=O) groups is 1. The van der Waals surface area contributed by atoms with E-state index in [1.165, 1.54) is 30.6 Å². The van der Waals surface area contributed by atoms with Crippen LogP contribution in [-0.4, -0.2) is 15.9 Å². The highest BCUT2D eigenvalue weighted by atomic mass is 19.1. The Hall–Kier alpha value is -2.30. The average molecular weight is 291 g/mol. The molecule has 0 saturated heterocycles. The van der Waals surface area contributed by atoms with E-state index in [-0.39, 0.29) is 17.4 Å². The van der Waals surface area contributed by atoms with Crippen LogP contribution >= 0.6 is 0 Å². The molecule has 1 N–H and O–H groups in total. The van der Waals surface area contributed by atoms with Crippen molar-refractivity contribution in [2.45, 2.75) is 34.6 Å². The summed E-state index contributed by atoms with van der Waals surface area (Å²) in [5.41, 5.74) is 1.44. The fraction of sp³-hybridized carbons (Fsp3) is 0.312. The summed E-state index contributed by atoms with van der Waals surface area (Å²) in [5.74, 6) is -0.755. The number of hydrogen-bond donors (Lipinski definition) is 1. The van der Waals surface area contributed by atoms with Crippen molar-refractivity contribution in [2.24, 2.45) is 0 Å². The Balaban J connectivity index is 0.00000191. The largest absolute Gasteiger partial charge is 0.321 e. The molecule has 0 radical (unpaired) electrons. The minimum atomic E-state index is -0.383. The molecule has 1 heterocycles. The van der Waals surface area contributed by atoms with Gasteiger partial charge in [0, 0.05) is 11.9 Å². The van der Waals surface area contributed by atoms with Gasteiger partial charge < -0.3 is 5.32 Å². The zero-order valence-electron chi connectivity index (χ0n) is 13.1. The molecule has 0 spiro atoms. The van der Waals surface area contributed by atoms with Gasteiger partial charge in [0.25, 0.3) is 5.91 Å². The van der Waals surface area contributed by atoms with Gasteiger partial charge in [-0.3, -0.25) is 9.78 Å². The molecule has 0 bridgehead atoms. The number of aromatic nitrogens is 2. The minimum Gasteiger partial charge on any atom is -0.321 e. The Kier molecular flexibility index (Phi) is 9.33. The van der Waals surface area contributed by atoms with Crippen molar-refractivity contribution in [2.75, 3.05) is 0 Å². The van der Waals surface area contributed by atoms with Crippen LogP contribution in [-0.2, 0) is 0 Å². The summed E-state index contributed by atoms with van der Waals surface area (Å²) in [6.45, 7) is 9.12. The van der Waals surface area contributed by atoms with Crippen molar-refractivity contribution >= 4 is 5.91 Å². The molecule has 21 heavy (non-hydrogen) atoms. The number of hydrogen-bond acceptors (Lipinski definition) is 3. The fourth-order valence-electron chi connectivity index (χ4n) is 1.18. The molecule has 1 rings (SSSR count). The summed E-state index contributed by atoms with van der Waals surface area (Å²) in [6.07, 6.45) is 8.66. The first kappa shape index (κ1) is 18.7. The highest BCUT2D eigenvalue weighted by molar-refractivity contribution is 5.93. The second-order valence-corrected chi connectivity index (χ2v) is 3.75. The van der Waals surface area contributed by atoms with Crippen LogP contribution in [0.5, 0.6) is 0 Å². The highest BCUT2D eigenvalue weighted by Crippen LogP contribution is 2.02. The lowest BCUT2D eigenvalue weighted by Gasteiger charge is -2.04. The fourth-order valence-corrected chi connectivity index (χ4v) is 1.18. The molecule has 0 aliphatic heterocycles. The summed E-state index contributed by atoms with van der Waals surface area (Å²) in [4.78, 5) is 19.8. The topological polar surface area (TPSA) is 54.9 Å². The zero-order chi connectivity index (χ0) is 16.3. The highest BCUT2D eigenvalue weighted by Gasteiger charge is 2.07. The van der Waals surface area contributed by atoms with E-state index in [4.69, 9.17) is 0 Å². The van der Waals surface area contributed by atoms with Crippen LogP contribution in [0.15, 0.2) is 48.2 Å². The Morgan fingerprint density at radius 1 is 1.14 bits per heavy atom. The molecule has 4 nitrogen and oxygen atoms in total. The van der Waals surface area contributed by atoms with Crippen molar-refractivity contribution in [3.63, 3.8) is 0 Å². The number of amides is 1. The lowest BCUT2D eigenvalue weighted by Crippen LogP contribution is -2.23. The van der Waals surface area contributed by atoms with E-state index in [1.54, 1.807) is 26.8 Å². The lowest BCUT2D eigenvalue weighted by molar-refractivity contribution is 0.0961. The molecule has 1 aromatic heterocycles. The minimum absolute atomic E-state index is 0.213. The van der Waals surface area contributed by atoms with Crippen LogP contribution in [0.1, 0.15) is 43.9 Å². The molecule has 0 aliphatic carbocycles. The van der Waals surface area contributed by atoms with Crippen molar-refractivity contribution in [1.82, 2.24) is 15.3 Å². The number of nitrogens with one attached hydrogen (secondary N) is 1. The molecule has 0 aliphatic rings. The summed E-state index contributed by atoms with van der Waals surface area (Å²) in [5, 5.41) is 2.62. The van der Waals surface area contributed by atoms with E-state index in [0.29, 0.717) is 5.70 Å². The molecule has 0 saturated carbocycles. The first-order valence-electron chi connectivity index (χ1n) is 6.83. The van der Waals surface area contributed by atoms with Crippen molar-refractivity contribution < 1.29 is 9.18 Å². The van der Waals surface area contributed by atoms with Crippen LogP contribution in [0.25, 0.3) is 0 Å². The quantitative estimate of drug-likeness (QED) is 0.857. The molecular formula is C16H22FN3O. The van der Waals surface area contributed by atoms with Gasteiger partial charge >= 0.3 is 0 Å². The average Bonchev–Trinajstić information content (AvgIpc) is 2.53. The first-order chi connectivity index (χ1) is 10.1. The number of carbonyl (C=O) groups excluding carboxylic acids is 1. The predicted molar refractivity (Wildman–Crippen MR) is 83.3 cm³/mol. The molecule has 0 aromatic carbocycles. The smallest absolute Gasteiger partial charge is 0.275 e. The summed E-state index contributed by atoms with van der Waals surface area (Å²) < 4.78 is 12.9. The summed E-state index contributed by atoms with van der Waals surface area (Å²) in [6, 6.07) is 0. The van der Waals surface area contributed by atoms with Crippen molar-refractivity contribution in [1.29, 1.82) is 0 Å². The van der Waals surface area contributed by atoms with Crippen LogP contribution in [0.3, 0.4) is 0 Å². The molecule has 114 valence electrons. The number of aryl methyl sites for hydroxylation is 1. The normalized spacial score (nSPS) is 11.9. The summed E-state index contributed by atoms with van der Waals surface area (Å²) >= 11 is 0. The molecule has 0 atom stereocenters. The third kappa shape index (κ3) is 7.15. The van der Waals surface area contributed by atoms with Gasteiger partial charge in [0.1, 0.15) is 11.5 Å². The van der Waals surface area contributed by atoms with Crippen LogP contribution in [0, 0.1) is 6.92 Å². The monoisotopic (exact) mass is 291 g/mol.